The molecule has 40 valence electrons. The normalized spacial score (nSPS) is 9.14. The highest BCUT2D eigenvalue weighted by Gasteiger charge is 1.95. The first-order valence-electron chi connectivity index (χ1n) is 2.76. The zero-order valence-electron chi connectivity index (χ0n) is 5.40. The Morgan fingerprint density at radius 1 is 1.43 bits per heavy atom. The molecule has 0 N–H and O–H groups in total. The van der Waals surface area contributed by atoms with E-state index in [4.69, 9.17) is 4.65 Å². The van der Waals surface area contributed by atoms with Crippen LogP contribution in [-0.2, 0) is 4.65 Å². The maximum Gasteiger partial charge on any atom is 0.234 e. The topological polar surface area (TPSA) is 9.23 Å². The van der Waals surface area contributed by atoms with Crippen molar-refractivity contribution in [2.75, 3.05) is 7.11 Å². The fraction of sp³-hybridized carbons (Fsp3) is 1.00. The van der Waals surface area contributed by atoms with Gasteiger partial charge in [-0.25, -0.2) is 0 Å². The van der Waals surface area contributed by atoms with Crippen molar-refractivity contribution in [3.63, 3.8) is 0 Å². The van der Waals surface area contributed by atoms with Crippen molar-refractivity contribution >= 4 is 14.5 Å². The standard InChI is InChI=1S/C4H12B2O/c1-4(2)5-6-7-3/h4-6H,1-3H3. The summed E-state index contributed by atoms with van der Waals surface area (Å²) < 4.78 is 4.85. The molecule has 0 unspecified atom stereocenters. The lowest BCUT2D eigenvalue weighted by molar-refractivity contribution is 0.453. The van der Waals surface area contributed by atoms with Crippen LogP contribution >= 0.6 is 0 Å². The number of hydrogen-bond acceptors (Lipinski definition) is 1. The van der Waals surface area contributed by atoms with Crippen molar-refractivity contribution in [1.29, 1.82) is 0 Å². The molecule has 0 spiro atoms. The highest BCUT2D eigenvalue weighted by atomic mass is 16.4. The minimum Gasteiger partial charge on any atom is -0.452 e. The Bertz CT molecular complexity index is 38.7. The van der Waals surface area contributed by atoms with Gasteiger partial charge in [0.1, 0.15) is 7.17 Å². The molecule has 0 aliphatic heterocycles. The van der Waals surface area contributed by atoms with E-state index in [-0.39, 0.29) is 0 Å². The molecule has 0 rings (SSSR count). The molecule has 0 fully saturated rings. The van der Waals surface area contributed by atoms with Gasteiger partial charge in [0, 0.05) is 7.11 Å². The molecule has 0 radical (unpaired) electrons. The van der Waals surface area contributed by atoms with Crippen molar-refractivity contribution in [3.8, 4) is 0 Å². The van der Waals surface area contributed by atoms with Crippen molar-refractivity contribution in [3.05, 3.63) is 0 Å². The Morgan fingerprint density at radius 3 is 2.14 bits per heavy atom. The average Bonchev–Trinajstić information content (AvgIpc) is 1.61. The Balaban J connectivity index is 2.68. The van der Waals surface area contributed by atoms with E-state index in [0.29, 0.717) is 0 Å². The fourth-order valence-corrected chi connectivity index (χ4v) is 0.354. The van der Waals surface area contributed by atoms with Gasteiger partial charge >= 0.3 is 0 Å². The summed E-state index contributed by atoms with van der Waals surface area (Å²) in [5.74, 6) is 0.778. The van der Waals surface area contributed by atoms with Crippen LogP contribution < -0.4 is 0 Å². The maximum absolute atomic E-state index is 4.85. The van der Waals surface area contributed by atoms with Gasteiger partial charge in [0.2, 0.25) is 7.37 Å². The van der Waals surface area contributed by atoms with E-state index in [1.54, 1.807) is 7.11 Å². The van der Waals surface area contributed by atoms with Gasteiger partial charge in [-0.15, -0.1) is 0 Å². The van der Waals surface area contributed by atoms with E-state index in [9.17, 15) is 0 Å². The first-order chi connectivity index (χ1) is 3.27. The lowest BCUT2D eigenvalue weighted by Crippen LogP contribution is -2.08. The summed E-state index contributed by atoms with van der Waals surface area (Å²) in [7, 11) is 3.82. The van der Waals surface area contributed by atoms with E-state index in [1.165, 1.54) is 7.17 Å². The highest BCUT2D eigenvalue weighted by Crippen LogP contribution is 1.93. The van der Waals surface area contributed by atoms with E-state index in [0.717, 1.165) is 13.2 Å². The molecule has 7 heavy (non-hydrogen) atoms. The van der Waals surface area contributed by atoms with Gasteiger partial charge in [0.05, 0.1) is 0 Å². The van der Waals surface area contributed by atoms with Crippen LogP contribution in [-0.4, -0.2) is 21.7 Å². The minimum atomic E-state index is 0.778. The largest absolute Gasteiger partial charge is 0.452 e. The van der Waals surface area contributed by atoms with Crippen molar-refractivity contribution in [2.24, 2.45) is 0 Å². The molecular weight excluding hydrogens is 85.7 g/mol. The highest BCUT2D eigenvalue weighted by molar-refractivity contribution is 6.97. The molecule has 0 aliphatic rings. The van der Waals surface area contributed by atoms with E-state index in [1.807, 2.05) is 0 Å². The summed E-state index contributed by atoms with van der Waals surface area (Å²) >= 11 is 0. The minimum absolute atomic E-state index is 0.778. The van der Waals surface area contributed by atoms with Crippen LogP contribution in [0.15, 0.2) is 0 Å². The molecule has 0 saturated carbocycles. The number of hydrogen-bond donors (Lipinski definition) is 0. The van der Waals surface area contributed by atoms with E-state index < -0.39 is 0 Å². The van der Waals surface area contributed by atoms with Crippen LogP contribution in [0, 0.1) is 0 Å². The third-order valence-electron chi connectivity index (χ3n) is 0.899. The van der Waals surface area contributed by atoms with Gasteiger partial charge in [-0.05, 0) is 0 Å². The second kappa shape index (κ2) is 4.25. The molecule has 1 nitrogen and oxygen atoms in total. The van der Waals surface area contributed by atoms with Crippen LogP contribution in [0.25, 0.3) is 0 Å². The Labute approximate surface area is 46.9 Å². The second-order valence-corrected chi connectivity index (χ2v) is 2.18. The summed E-state index contributed by atoms with van der Waals surface area (Å²) in [6, 6.07) is 0. The van der Waals surface area contributed by atoms with Crippen molar-refractivity contribution < 1.29 is 4.65 Å². The van der Waals surface area contributed by atoms with Crippen LogP contribution in [0.3, 0.4) is 0 Å². The van der Waals surface area contributed by atoms with Gasteiger partial charge in [-0.2, -0.15) is 0 Å². The molecule has 0 aromatic carbocycles. The quantitative estimate of drug-likeness (QED) is 0.457. The smallest absolute Gasteiger partial charge is 0.234 e. The Morgan fingerprint density at radius 2 is 2.00 bits per heavy atom. The second-order valence-electron chi connectivity index (χ2n) is 2.18. The van der Waals surface area contributed by atoms with Crippen LogP contribution in [0.2, 0.25) is 5.82 Å². The molecule has 0 bridgehead atoms. The molecule has 0 saturated heterocycles. The number of rotatable bonds is 3. The SMILES string of the molecule is COBBC(C)C. The van der Waals surface area contributed by atoms with Gasteiger partial charge in [-0.3, -0.25) is 0 Å². The lowest BCUT2D eigenvalue weighted by atomic mass is 9.43. The maximum atomic E-state index is 4.85. The molecule has 0 amide bonds. The predicted molar refractivity (Wildman–Crippen MR) is 36.4 cm³/mol. The van der Waals surface area contributed by atoms with Gasteiger partial charge < -0.3 is 4.65 Å². The van der Waals surface area contributed by atoms with Gasteiger partial charge in [0.25, 0.3) is 0 Å². The first kappa shape index (κ1) is 7.09. The summed E-state index contributed by atoms with van der Waals surface area (Å²) in [4.78, 5) is 0. The van der Waals surface area contributed by atoms with Gasteiger partial charge in [-0.1, -0.05) is 19.7 Å². The summed E-state index contributed by atoms with van der Waals surface area (Å²) in [5, 5.41) is 0. The van der Waals surface area contributed by atoms with E-state index >= 15 is 0 Å². The van der Waals surface area contributed by atoms with Crippen molar-refractivity contribution in [1.82, 2.24) is 0 Å². The summed E-state index contributed by atoms with van der Waals surface area (Å²) in [6.07, 6.45) is 0. The first-order valence-corrected chi connectivity index (χ1v) is 2.76. The molecule has 0 heterocycles. The third-order valence-corrected chi connectivity index (χ3v) is 0.899. The van der Waals surface area contributed by atoms with Gasteiger partial charge in [0.15, 0.2) is 0 Å². The van der Waals surface area contributed by atoms with E-state index in [2.05, 4.69) is 13.8 Å². The van der Waals surface area contributed by atoms with Crippen molar-refractivity contribution in [2.45, 2.75) is 19.7 Å². The molecule has 0 aromatic rings. The van der Waals surface area contributed by atoms with Crippen LogP contribution in [0.4, 0.5) is 0 Å². The predicted octanol–water partition coefficient (Wildman–Crippen LogP) is 0.164. The molecule has 0 aromatic heterocycles. The summed E-state index contributed by atoms with van der Waals surface area (Å²) in [5.41, 5.74) is 0. The Kier molecular flexibility index (Phi) is 4.31. The van der Waals surface area contributed by atoms with Crippen LogP contribution in [0.1, 0.15) is 13.8 Å². The molecule has 0 atom stereocenters. The average molecular weight is 97.8 g/mol. The van der Waals surface area contributed by atoms with Crippen LogP contribution in [0.5, 0.6) is 0 Å². The molecular formula is C4H12B2O. The Hall–Kier alpha value is 0.0899. The molecule has 3 heteroatoms. The molecule has 0 aliphatic carbocycles. The summed E-state index contributed by atoms with van der Waals surface area (Å²) in [6.45, 7) is 4.39. The zero-order valence-corrected chi connectivity index (χ0v) is 5.40. The third kappa shape index (κ3) is 6.09. The fourth-order valence-electron chi connectivity index (χ4n) is 0.354. The lowest BCUT2D eigenvalue weighted by Gasteiger charge is -1.95. The zero-order chi connectivity index (χ0) is 5.70. The monoisotopic (exact) mass is 98.1 g/mol.